The van der Waals surface area contributed by atoms with Crippen LogP contribution in [0.1, 0.15) is 45.3 Å². The van der Waals surface area contributed by atoms with Gasteiger partial charge in [-0.05, 0) is 30.5 Å². The number of nitrogen functional groups attached to an aromatic ring is 1. The second kappa shape index (κ2) is 16.9. The van der Waals surface area contributed by atoms with Gasteiger partial charge in [0.15, 0.2) is 10.8 Å². The van der Waals surface area contributed by atoms with Crippen LogP contribution in [0.4, 0.5) is 5.00 Å². The number of anilines is 1. The summed E-state index contributed by atoms with van der Waals surface area (Å²) >= 11 is 10.6. The maximum absolute atomic E-state index is 12.3. The highest BCUT2D eigenvalue weighted by Gasteiger charge is 2.20. The van der Waals surface area contributed by atoms with E-state index in [-0.39, 0.29) is 40.3 Å². The number of rotatable bonds is 9. The summed E-state index contributed by atoms with van der Waals surface area (Å²) in [5, 5.41) is 0.515. The van der Waals surface area contributed by atoms with Crippen LogP contribution in [0.25, 0.3) is 4.85 Å². The summed E-state index contributed by atoms with van der Waals surface area (Å²) < 4.78 is 0. The molecule has 0 aliphatic rings. The molecule has 2 aromatic carbocycles. The summed E-state index contributed by atoms with van der Waals surface area (Å²) in [5.74, 6) is -0.0393. The Morgan fingerprint density at radius 2 is 1.42 bits per heavy atom. The topological polar surface area (TPSA) is 134 Å². The van der Waals surface area contributed by atoms with Crippen LogP contribution >= 0.6 is 35.8 Å². The molecule has 3 rings (SSSR count). The van der Waals surface area contributed by atoms with Gasteiger partial charge in [0.05, 0.1) is 16.3 Å². The number of thiocarbonyl (C=S) groups is 2. The third-order valence-corrected chi connectivity index (χ3v) is 6.30. The van der Waals surface area contributed by atoms with Crippen LogP contribution in [-0.4, -0.2) is 33.9 Å². The molecule has 1 aromatic heterocycles. The molecule has 0 unspecified atom stereocenters. The molecule has 0 saturated heterocycles. The van der Waals surface area contributed by atoms with Crippen molar-refractivity contribution >= 4 is 68.1 Å². The minimum absolute atomic E-state index is 0.0151. The SMILES string of the molecule is CC(=O)CC(=O)Cc1ccccc1.Cc1c(C(=O)Cc2ccccc2)sc(N)c1C(N)=S.[C-]#[N+]CC(N)=S. The molecular weight excluding hydrogens is 537 g/mol. The van der Waals surface area contributed by atoms with Gasteiger partial charge in [-0.15, -0.1) is 11.3 Å². The van der Waals surface area contributed by atoms with Crippen LogP contribution in [-0.2, 0) is 22.4 Å². The van der Waals surface area contributed by atoms with Crippen molar-refractivity contribution in [3.63, 3.8) is 0 Å². The number of hydrogen-bond acceptors (Lipinski definition) is 7. The van der Waals surface area contributed by atoms with E-state index in [0.717, 1.165) is 16.7 Å². The van der Waals surface area contributed by atoms with E-state index in [1.807, 2.05) is 67.6 Å². The molecule has 6 N–H and O–H groups in total. The molecule has 0 saturated carbocycles. The van der Waals surface area contributed by atoms with Crippen LogP contribution in [0.5, 0.6) is 0 Å². The zero-order valence-electron chi connectivity index (χ0n) is 21.2. The van der Waals surface area contributed by atoms with Crippen molar-refractivity contribution in [3.8, 4) is 0 Å². The molecule has 0 aliphatic carbocycles. The number of nitrogens with two attached hydrogens (primary N) is 3. The van der Waals surface area contributed by atoms with E-state index in [0.29, 0.717) is 28.3 Å². The predicted octanol–water partition coefficient (Wildman–Crippen LogP) is 4.67. The number of thiophene rings is 1. The highest BCUT2D eigenvalue weighted by molar-refractivity contribution is 7.80. The fraction of sp³-hybridized carbons (Fsp3) is 0.214. The molecule has 7 nitrogen and oxygen atoms in total. The lowest BCUT2D eigenvalue weighted by molar-refractivity contribution is -0.125. The van der Waals surface area contributed by atoms with Crippen LogP contribution < -0.4 is 17.2 Å². The van der Waals surface area contributed by atoms with Gasteiger partial charge in [-0.3, -0.25) is 14.4 Å². The molecule has 0 radical (unpaired) electrons. The van der Waals surface area contributed by atoms with Crippen molar-refractivity contribution in [2.45, 2.75) is 33.1 Å². The van der Waals surface area contributed by atoms with E-state index in [9.17, 15) is 14.4 Å². The van der Waals surface area contributed by atoms with Gasteiger partial charge in [0.1, 0.15) is 16.6 Å². The van der Waals surface area contributed by atoms with Crippen molar-refractivity contribution in [2.75, 3.05) is 12.3 Å². The lowest BCUT2D eigenvalue weighted by atomic mass is 10.0. The standard InChI is InChI=1S/C14H14N2OS2.C11H12O2.C3H4N2S/c1-8-11(13(15)18)14(16)19-12(8)10(17)7-9-5-3-2-4-6-9;1-9(12)7-11(13)8-10-5-3-2-4-6-10;1-5-2-3(4)6/h2-6H,7,16H2,1H3,(H2,15,18);2-6H,7-8H2,1H3;2H2,(H2,4,6). The number of benzene rings is 2. The smallest absolute Gasteiger partial charge is 0.263 e. The van der Waals surface area contributed by atoms with Gasteiger partial charge in [-0.25, -0.2) is 6.57 Å². The largest absolute Gasteiger partial charge is 0.390 e. The number of nitrogens with zero attached hydrogens (tertiary/aromatic N) is 1. The summed E-state index contributed by atoms with van der Waals surface area (Å²) in [7, 11) is 0. The van der Waals surface area contributed by atoms with Crippen molar-refractivity contribution < 1.29 is 14.4 Å². The quantitative estimate of drug-likeness (QED) is 0.147. The zero-order chi connectivity index (χ0) is 28.7. The van der Waals surface area contributed by atoms with Gasteiger partial charge in [-0.1, -0.05) is 85.1 Å². The Kier molecular flexibility index (Phi) is 14.3. The van der Waals surface area contributed by atoms with Gasteiger partial charge in [-0.2, -0.15) is 0 Å². The molecule has 0 amide bonds. The molecule has 10 heteroatoms. The lowest BCUT2D eigenvalue weighted by Crippen LogP contribution is -2.12. The molecule has 0 bridgehead atoms. The van der Waals surface area contributed by atoms with E-state index in [4.69, 9.17) is 36.0 Å². The maximum atomic E-state index is 12.3. The van der Waals surface area contributed by atoms with Crippen LogP contribution in [0.3, 0.4) is 0 Å². The Labute approximate surface area is 237 Å². The van der Waals surface area contributed by atoms with Gasteiger partial charge in [0.25, 0.3) is 6.54 Å². The molecule has 3 aromatic rings. The van der Waals surface area contributed by atoms with E-state index >= 15 is 0 Å². The Bertz CT molecular complexity index is 1310. The molecule has 0 spiro atoms. The zero-order valence-corrected chi connectivity index (χ0v) is 23.7. The van der Waals surface area contributed by atoms with Gasteiger partial charge >= 0.3 is 0 Å². The first-order valence-corrected chi connectivity index (χ1v) is 13.0. The second-order valence-corrected chi connectivity index (χ2v) is 10.1. The van der Waals surface area contributed by atoms with E-state index in [1.54, 1.807) is 0 Å². The van der Waals surface area contributed by atoms with Crippen LogP contribution in [0, 0.1) is 13.5 Å². The number of carbonyl (C=O) groups excluding carboxylic acids is 3. The van der Waals surface area contributed by atoms with Crippen molar-refractivity contribution in [3.05, 3.63) is 99.2 Å². The molecule has 38 heavy (non-hydrogen) atoms. The van der Waals surface area contributed by atoms with E-state index < -0.39 is 0 Å². The predicted molar refractivity (Wildman–Crippen MR) is 163 cm³/mol. The van der Waals surface area contributed by atoms with Crippen molar-refractivity contribution in [1.82, 2.24) is 0 Å². The lowest BCUT2D eigenvalue weighted by Gasteiger charge is -2.01. The van der Waals surface area contributed by atoms with Gasteiger partial charge < -0.3 is 22.0 Å². The molecule has 0 atom stereocenters. The molecule has 1 heterocycles. The Morgan fingerprint density at radius 3 is 1.79 bits per heavy atom. The van der Waals surface area contributed by atoms with Crippen LogP contribution in [0.2, 0.25) is 0 Å². The summed E-state index contributed by atoms with van der Waals surface area (Å²) in [4.78, 5) is 38.2. The molecular formula is C28H30N4O3S3. The highest BCUT2D eigenvalue weighted by Crippen LogP contribution is 2.31. The summed E-state index contributed by atoms with van der Waals surface area (Å²) in [6, 6.07) is 19.1. The van der Waals surface area contributed by atoms with Gasteiger partial charge in [0.2, 0.25) is 0 Å². The van der Waals surface area contributed by atoms with Gasteiger partial charge in [0, 0.05) is 18.4 Å². The average molecular weight is 567 g/mol. The first-order chi connectivity index (χ1) is 18.0. The van der Waals surface area contributed by atoms with E-state index in [1.165, 1.54) is 18.3 Å². The third-order valence-electron chi connectivity index (χ3n) is 4.81. The maximum Gasteiger partial charge on any atom is 0.263 e. The number of carbonyl (C=O) groups is 3. The minimum atomic E-state index is -0.0686. The Balaban J connectivity index is 0.000000328. The number of Topliss-reactive ketones (excluding diaryl/α,β-unsaturated/α-hetero) is 3. The summed E-state index contributed by atoms with van der Waals surface area (Å²) in [5.41, 5.74) is 19.8. The summed E-state index contributed by atoms with van der Waals surface area (Å²) in [6.45, 7) is 9.63. The Hall–Kier alpha value is -3.78. The second-order valence-electron chi connectivity index (χ2n) is 8.11. The van der Waals surface area contributed by atoms with Crippen molar-refractivity contribution in [1.29, 1.82) is 0 Å². The normalized spacial score (nSPS) is 9.50. The minimum Gasteiger partial charge on any atom is -0.390 e. The monoisotopic (exact) mass is 566 g/mol. The van der Waals surface area contributed by atoms with E-state index in [2.05, 4.69) is 17.1 Å². The van der Waals surface area contributed by atoms with Crippen LogP contribution in [0.15, 0.2) is 60.7 Å². The average Bonchev–Trinajstić information content (AvgIpc) is 3.14. The first kappa shape index (κ1) is 32.2. The number of hydrogen-bond donors (Lipinski definition) is 3. The fourth-order valence-electron chi connectivity index (χ4n) is 3.21. The molecule has 0 fully saturated rings. The molecule has 198 valence electrons. The Morgan fingerprint density at radius 1 is 0.921 bits per heavy atom. The third kappa shape index (κ3) is 12.0. The number of ketones is 3. The fourth-order valence-corrected chi connectivity index (χ4v) is 4.63. The first-order valence-electron chi connectivity index (χ1n) is 11.4. The van der Waals surface area contributed by atoms with Crippen molar-refractivity contribution in [2.24, 2.45) is 11.5 Å². The highest BCUT2D eigenvalue weighted by atomic mass is 32.1. The summed E-state index contributed by atoms with van der Waals surface area (Å²) in [6.07, 6.45) is 0.772. The molecule has 0 aliphatic heterocycles.